The third kappa shape index (κ3) is 5.45. The van der Waals surface area contributed by atoms with Crippen LogP contribution in [-0.2, 0) is 0 Å². The minimum Gasteiger partial charge on any atom is -0.456 e. The molecule has 0 spiro atoms. The van der Waals surface area contributed by atoms with Crippen LogP contribution in [0, 0.1) is 12.1 Å². The lowest BCUT2D eigenvalue weighted by atomic mass is 9.89. The van der Waals surface area contributed by atoms with Gasteiger partial charge in [0.15, 0.2) is 0 Å². The molecule has 0 aliphatic rings. The lowest BCUT2D eigenvalue weighted by molar-refractivity contribution is 0.669. The van der Waals surface area contributed by atoms with E-state index in [-0.39, 0.29) is 0 Å². The second kappa shape index (κ2) is 13.8. The van der Waals surface area contributed by atoms with E-state index < -0.39 is 0 Å². The number of anilines is 3. The monoisotopic (exact) mass is 761 g/mol. The van der Waals surface area contributed by atoms with Gasteiger partial charge in [-0.1, -0.05) is 158 Å². The Hall–Kier alpha value is -8.12. The van der Waals surface area contributed by atoms with Crippen LogP contribution in [0.5, 0.6) is 0 Å². The van der Waals surface area contributed by atoms with Gasteiger partial charge in [-0.05, 0) is 138 Å². The summed E-state index contributed by atoms with van der Waals surface area (Å²) in [5.41, 5.74) is 12.0. The van der Waals surface area contributed by atoms with Crippen LogP contribution in [0.4, 0.5) is 17.1 Å². The molecule has 0 aliphatic heterocycles. The summed E-state index contributed by atoms with van der Waals surface area (Å²) in [5, 5.41) is 11.9. The number of rotatable bonds is 6. The number of hydrogen-bond acceptors (Lipinski definition) is 2. The third-order valence-electron chi connectivity index (χ3n) is 12.1. The maximum absolute atomic E-state index is 6.42. The van der Waals surface area contributed by atoms with Gasteiger partial charge in [0.05, 0.1) is 11.1 Å². The summed E-state index contributed by atoms with van der Waals surface area (Å²) in [4.78, 5) is 2.36. The maximum Gasteiger partial charge on any atom is 0.137 e. The highest BCUT2D eigenvalue weighted by atomic mass is 16.3. The van der Waals surface area contributed by atoms with E-state index in [1.54, 1.807) is 0 Å². The fourth-order valence-electron chi connectivity index (χ4n) is 9.35. The van der Waals surface area contributed by atoms with E-state index in [1.165, 1.54) is 54.4 Å². The minimum atomic E-state index is 0.859. The summed E-state index contributed by atoms with van der Waals surface area (Å²) >= 11 is 0. The second-order valence-electron chi connectivity index (χ2n) is 15.5. The molecule has 0 radical (unpaired) electrons. The first kappa shape index (κ1) is 34.0. The molecule has 0 N–H and O–H groups in total. The van der Waals surface area contributed by atoms with Crippen molar-refractivity contribution in [3.8, 4) is 33.4 Å². The molecule has 278 valence electrons. The Bertz CT molecular complexity index is 3600. The fourth-order valence-corrected chi connectivity index (χ4v) is 9.35. The molecule has 0 aliphatic carbocycles. The Morgan fingerprint density at radius 3 is 1.65 bits per heavy atom. The van der Waals surface area contributed by atoms with Gasteiger partial charge in [0.1, 0.15) is 11.2 Å². The normalized spacial score (nSPS) is 11.5. The zero-order chi connectivity index (χ0) is 39.6. The predicted molar refractivity (Wildman–Crippen MR) is 252 cm³/mol. The van der Waals surface area contributed by atoms with Gasteiger partial charge in [0.2, 0.25) is 0 Å². The van der Waals surface area contributed by atoms with E-state index in [2.05, 4.69) is 211 Å². The Labute approximate surface area is 347 Å². The Morgan fingerprint density at radius 1 is 0.367 bits per heavy atom. The molecule has 2 heteroatoms. The van der Waals surface area contributed by atoms with E-state index in [0.717, 1.165) is 61.1 Å². The number of para-hydroxylation sites is 1. The van der Waals surface area contributed by atoms with E-state index in [0.29, 0.717) is 0 Å². The van der Waals surface area contributed by atoms with Gasteiger partial charge >= 0.3 is 0 Å². The smallest absolute Gasteiger partial charge is 0.137 e. The number of fused-ring (bicyclic) bond motifs is 9. The molecule has 1 aromatic heterocycles. The van der Waals surface area contributed by atoms with Crippen molar-refractivity contribution in [1.29, 1.82) is 0 Å². The average Bonchev–Trinajstić information content (AvgIpc) is 3.71. The highest BCUT2D eigenvalue weighted by Crippen LogP contribution is 2.45. The SMILES string of the molecule is c1ccc2c(c#1)c(-c1ccc(N(c3ccc(-c4ccccc4-c4cc5ccccc5c5ccccc45)cc3)c3cccc4oc5ccccc5c34)cc1)cc1ccccc12. The summed E-state index contributed by atoms with van der Waals surface area (Å²) in [6, 6.07) is 82.9. The van der Waals surface area contributed by atoms with Crippen LogP contribution in [-0.4, -0.2) is 0 Å². The summed E-state index contributed by atoms with van der Waals surface area (Å²) in [7, 11) is 0. The quantitative estimate of drug-likeness (QED) is 0.157. The third-order valence-corrected chi connectivity index (χ3v) is 12.1. The summed E-state index contributed by atoms with van der Waals surface area (Å²) in [6.07, 6.45) is 0. The summed E-state index contributed by atoms with van der Waals surface area (Å²) in [5.74, 6) is 0. The average molecular weight is 762 g/mol. The topological polar surface area (TPSA) is 16.4 Å². The zero-order valence-electron chi connectivity index (χ0n) is 32.6. The first-order valence-electron chi connectivity index (χ1n) is 20.4. The van der Waals surface area contributed by atoms with Gasteiger partial charge in [-0.15, -0.1) is 0 Å². The standard InChI is InChI=1S/C58H35NO/c1-3-17-45-40(14-1)36-53(50-22-9-7-19-47(45)50)39-30-34-43(35-31-39)59(55-25-13-27-57-58(55)52-24-11-12-26-56(52)60-57)42-32-28-38(29-33-42)44-16-5-6-21-49(44)54-37-41-15-2-4-18-46(41)48-20-8-10-23-51(48)54/h1-8,10-21,23-37H. The van der Waals surface area contributed by atoms with E-state index in [4.69, 9.17) is 4.42 Å². The van der Waals surface area contributed by atoms with Gasteiger partial charge in [-0.2, -0.15) is 0 Å². The summed E-state index contributed by atoms with van der Waals surface area (Å²) in [6.45, 7) is 0. The van der Waals surface area contributed by atoms with Crippen LogP contribution in [0.3, 0.4) is 0 Å². The van der Waals surface area contributed by atoms with Crippen molar-refractivity contribution in [2.75, 3.05) is 4.90 Å². The molecule has 12 rings (SSSR count). The molecule has 0 fully saturated rings. The highest BCUT2D eigenvalue weighted by Gasteiger charge is 2.21. The van der Waals surface area contributed by atoms with Gasteiger partial charge in [-0.25, -0.2) is 0 Å². The minimum absolute atomic E-state index is 0.859. The van der Waals surface area contributed by atoms with Crippen LogP contribution in [0.2, 0.25) is 0 Å². The van der Waals surface area contributed by atoms with E-state index >= 15 is 0 Å². The Morgan fingerprint density at radius 2 is 0.917 bits per heavy atom. The molecular formula is C58H35NO. The molecule has 0 atom stereocenters. The highest BCUT2D eigenvalue weighted by molar-refractivity contribution is 6.16. The molecule has 0 unspecified atom stereocenters. The van der Waals surface area contributed by atoms with Crippen molar-refractivity contribution >= 4 is 82.1 Å². The lowest BCUT2D eigenvalue weighted by Gasteiger charge is -2.27. The molecular weight excluding hydrogens is 727 g/mol. The van der Waals surface area contributed by atoms with Gasteiger partial charge in [-0.3, -0.25) is 0 Å². The summed E-state index contributed by atoms with van der Waals surface area (Å²) < 4.78 is 6.42. The van der Waals surface area contributed by atoms with Crippen molar-refractivity contribution in [3.05, 3.63) is 224 Å². The van der Waals surface area contributed by atoms with Crippen molar-refractivity contribution in [2.24, 2.45) is 0 Å². The molecule has 11 aromatic carbocycles. The number of furan rings is 1. The van der Waals surface area contributed by atoms with Crippen LogP contribution in [0.1, 0.15) is 0 Å². The van der Waals surface area contributed by atoms with Crippen LogP contribution in [0.25, 0.3) is 98.4 Å². The predicted octanol–water partition coefficient (Wildman–Crippen LogP) is 16.3. The second-order valence-corrected chi connectivity index (χ2v) is 15.5. The van der Waals surface area contributed by atoms with Gasteiger partial charge in [0, 0.05) is 22.1 Å². The number of nitrogens with zero attached hydrogens (tertiary/aromatic N) is 1. The van der Waals surface area contributed by atoms with E-state index in [9.17, 15) is 0 Å². The lowest BCUT2D eigenvalue weighted by Crippen LogP contribution is -2.10. The number of hydrogen-bond donors (Lipinski definition) is 0. The molecule has 0 amide bonds. The van der Waals surface area contributed by atoms with Gasteiger partial charge < -0.3 is 9.32 Å². The molecule has 12 aromatic rings. The Balaban J connectivity index is 1.01. The zero-order valence-corrected chi connectivity index (χ0v) is 32.6. The van der Waals surface area contributed by atoms with Crippen molar-refractivity contribution < 1.29 is 4.42 Å². The van der Waals surface area contributed by atoms with Crippen LogP contribution >= 0.6 is 0 Å². The van der Waals surface area contributed by atoms with Crippen LogP contribution in [0.15, 0.2) is 217 Å². The van der Waals surface area contributed by atoms with E-state index in [1.807, 2.05) is 18.2 Å². The Kier molecular flexibility index (Phi) is 7.80. The number of benzene rings is 10. The van der Waals surface area contributed by atoms with Crippen molar-refractivity contribution in [1.82, 2.24) is 0 Å². The van der Waals surface area contributed by atoms with Crippen molar-refractivity contribution in [3.63, 3.8) is 0 Å². The molecule has 2 nitrogen and oxygen atoms in total. The molecule has 0 bridgehead atoms. The van der Waals surface area contributed by atoms with Crippen molar-refractivity contribution in [2.45, 2.75) is 0 Å². The molecule has 1 heterocycles. The fraction of sp³-hybridized carbons (Fsp3) is 0. The van der Waals surface area contributed by atoms with Gasteiger partial charge in [0.25, 0.3) is 0 Å². The maximum atomic E-state index is 6.42. The largest absolute Gasteiger partial charge is 0.456 e. The molecule has 60 heavy (non-hydrogen) atoms. The first-order valence-corrected chi connectivity index (χ1v) is 20.4. The molecule has 0 saturated heterocycles. The first-order chi connectivity index (χ1) is 29.8. The molecule has 0 saturated carbocycles. The van der Waals surface area contributed by atoms with Crippen LogP contribution < -0.4 is 4.90 Å².